The van der Waals surface area contributed by atoms with Crippen LogP contribution in [0.4, 0.5) is 5.69 Å². The molecule has 0 saturated heterocycles. The van der Waals surface area contributed by atoms with Crippen molar-refractivity contribution in [3.63, 3.8) is 0 Å². The van der Waals surface area contributed by atoms with Gasteiger partial charge in [-0.25, -0.2) is 4.98 Å². The number of hydrogen-bond acceptors (Lipinski definition) is 5. The Morgan fingerprint density at radius 3 is 2.65 bits per heavy atom. The zero-order chi connectivity index (χ0) is 18.8. The average Bonchev–Trinajstić information content (AvgIpc) is 2.95. The van der Waals surface area contributed by atoms with E-state index in [4.69, 9.17) is 0 Å². The Morgan fingerprint density at radius 2 is 1.96 bits per heavy atom. The second-order valence-corrected chi connectivity index (χ2v) is 6.97. The minimum absolute atomic E-state index is 0.0904. The summed E-state index contributed by atoms with van der Waals surface area (Å²) in [6, 6.07) is 9.04. The van der Waals surface area contributed by atoms with Crippen molar-refractivity contribution < 1.29 is 9.59 Å². The largest absolute Gasteiger partial charge is 0.332 e. The molecule has 0 aliphatic heterocycles. The van der Waals surface area contributed by atoms with Gasteiger partial charge in [-0.2, -0.15) is 0 Å². The van der Waals surface area contributed by atoms with Crippen molar-refractivity contribution in [2.75, 3.05) is 18.9 Å². The molecule has 134 valence electrons. The number of benzene rings is 1. The van der Waals surface area contributed by atoms with Crippen molar-refractivity contribution in [3.8, 4) is 0 Å². The van der Waals surface area contributed by atoms with Crippen molar-refractivity contribution in [2.45, 2.75) is 6.92 Å². The van der Waals surface area contributed by atoms with E-state index in [9.17, 15) is 14.4 Å². The highest BCUT2D eigenvalue weighted by Gasteiger charge is 2.22. The van der Waals surface area contributed by atoms with Crippen LogP contribution in [0.15, 0.2) is 41.5 Å². The topological polar surface area (TPSA) is 84.3 Å². The van der Waals surface area contributed by atoms with E-state index in [-0.39, 0.29) is 23.9 Å². The second kappa shape index (κ2) is 7.09. The lowest BCUT2D eigenvalue weighted by Gasteiger charge is -2.16. The number of aromatic nitrogens is 2. The van der Waals surface area contributed by atoms with Crippen LogP contribution in [0.2, 0.25) is 0 Å². The molecule has 0 aliphatic carbocycles. The quantitative estimate of drug-likeness (QED) is 0.761. The number of fused-ring (bicyclic) bond motifs is 1. The molecule has 2 heterocycles. The molecule has 0 saturated carbocycles. The van der Waals surface area contributed by atoms with Gasteiger partial charge in [0.15, 0.2) is 0 Å². The third-order valence-corrected chi connectivity index (χ3v) is 5.18. The van der Waals surface area contributed by atoms with Crippen molar-refractivity contribution in [3.05, 3.63) is 57.5 Å². The smallest absolute Gasteiger partial charge is 0.264 e. The van der Waals surface area contributed by atoms with Crippen LogP contribution in [0.1, 0.15) is 15.2 Å². The van der Waals surface area contributed by atoms with Crippen LogP contribution >= 0.6 is 11.3 Å². The maximum atomic E-state index is 12.7. The molecule has 3 rings (SSSR count). The summed E-state index contributed by atoms with van der Waals surface area (Å²) in [6.07, 6.45) is 1.44. The summed E-state index contributed by atoms with van der Waals surface area (Å²) in [6.45, 7) is 1.64. The molecule has 7 nitrogen and oxygen atoms in total. The number of carbonyl (C=O) groups excluding carboxylic acids is 2. The molecule has 0 unspecified atom stereocenters. The average molecular weight is 370 g/mol. The molecule has 0 spiro atoms. The second-order valence-electron chi connectivity index (χ2n) is 5.97. The van der Waals surface area contributed by atoms with Gasteiger partial charge in [-0.05, 0) is 24.6 Å². The molecule has 0 radical (unpaired) electrons. The van der Waals surface area contributed by atoms with Gasteiger partial charge in [-0.1, -0.05) is 18.2 Å². The number of amides is 2. The van der Waals surface area contributed by atoms with Gasteiger partial charge in [0.1, 0.15) is 4.83 Å². The van der Waals surface area contributed by atoms with Gasteiger partial charge in [0.25, 0.3) is 11.5 Å². The molecule has 8 heteroatoms. The first-order valence-electron chi connectivity index (χ1n) is 7.93. The number of nitrogens with one attached hydrogen (secondary N) is 1. The van der Waals surface area contributed by atoms with E-state index in [1.54, 1.807) is 33.2 Å². The van der Waals surface area contributed by atoms with Crippen molar-refractivity contribution in [1.82, 2.24) is 14.5 Å². The Hall–Kier alpha value is -3.00. The molecule has 1 N–H and O–H groups in total. The van der Waals surface area contributed by atoms with Crippen molar-refractivity contribution in [2.24, 2.45) is 7.05 Å². The first-order chi connectivity index (χ1) is 12.4. The first-order valence-corrected chi connectivity index (χ1v) is 8.75. The highest BCUT2D eigenvalue weighted by molar-refractivity contribution is 7.20. The Morgan fingerprint density at radius 1 is 1.27 bits per heavy atom. The fourth-order valence-corrected chi connectivity index (χ4v) is 3.73. The standard InChI is InChI=1S/C18H18N4O3S/c1-11-14-16(19-10-22(3)17(14)24)26-15(11)18(25)21(2)9-13(23)20-12-7-5-4-6-8-12/h4-8,10H,9H2,1-3H3,(H,20,23). The maximum Gasteiger partial charge on any atom is 0.264 e. The lowest BCUT2D eigenvalue weighted by molar-refractivity contribution is -0.116. The van der Waals surface area contributed by atoms with Crippen LogP contribution in [-0.2, 0) is 11.8 Å². The van der Waals surface area contributed by atoms with Crippen LogP contribution in [0.25, 0.3) is 10.2 Å². The number of para-hydroxylation sites is 1. The predicted molar refractivity (Wildman–Crippen MR) is 102 cm³/mol. The van der Waals surface area contributed by atoms with Crippen molar-refractivity contribution >= 4 is 39.1 Å². The SMILES string of the molecule is Cc1c(C(=O)N(C)CC(=O)Nc2ccccc2)sc2ncn(C)c(=O)c12. The summed E-state index contributed by atoms with van der Waals surface area (Å²) in [5.41, 5.74) is 1.08. The fraction of sp³-hybridized carbons (Fsp3) is 0.222. The summed E-state index contributed by atoms with van der Waals surface area (Å²) in [5.74, 6) is -0.601. The number of anilines is 1. The summed E-state index contributed by atoms with van der Waals surface area (Å²) in [7, 11) is 3.18. The molecular weight excluding hydrogens is 352 g/mol. The van der Waals surface area contributed by atoms with Crippen molar-refractivity contribution in [1.29, 1.82) is 0 Å². The van der Waals surface area contributed by atoms with Crippen LogP contribution in [0.5, 0.6) is 0 Å². The molecule has 26 heavy (non-hydrogen) atoms. The molecule has 0 fully saturated rings. The zero-order valence-corrected chi connectivity index (χ0v) is 15.5. The van der Waals surface area contributed by atoms with Gasteiger partial charge >= 0.3 is 0 Å². The minimum Gasteiger partial charge on any atom is -0.332 e. The molecule has 2 aromatic heterocycles. The predicted octanol–water partition coefficient (Wildman–Crippen LogP) is 2.01. The normalized spacial score (nSPS) is 10.7. The van der Waals surface area contributed by atoms with Gasteiger partial charge in [0.05, 0.1) is 23.1 Å². The Balaban J connectivity index is 1.79. The number of hydrogen-bond donors (Lipinski definition) is 1. The number of thiophene rings is 1. The molecule has 3 aromatic rings. The van der Waals surface area contributed by atoms with Gasteiger partial charge in [-0.15, -0.1) is 11.3 Å². The summed E-state index contributed by atoms with van der Waals surface area (Å²) < 4.78 is 1.38. The van der Waals surface area contributed by atoms with E-state index in [1.807, 2.05) is 18.2 Å². The van der Waals surface area contributed by atoms with Gasteiger partial charge in [0.2, 0.25) is 5.91 Å². The number of likely N-dealkylation sites (N-methyl/N-ethyl adjacent to an activating group) is 1. The monoisotopic (exact) mass is 370 g/mol. The van der Waals surface area contributed by atoms with E-state index in [2.05, 4.69) is 10.3 Å². The minimum atomic E-state index is -0.309. The molecule has 0 atom stereocenters. The van der Waals surface area contributed by atoms with E-state index >= 15 is 0 Å². The Labute approximate surface area is 153 Å². The van der Waals surface area contributed by atoms with E-state index in [0.717, 1.165) is 0 Å². The number of nitrogens with zero attached hydrogens (tertiary/aromatic N) is 3. The molecule has 0 aliphatic rings. The highest BCUT2D eigenvalue weighted by Crippen LogP contribution is 2.27. The zero-order valence-electron chi connectivity index (χ0n) is 14.6. The maximum absolute atomic E-state index is 12.7. The van der Waals surface area contributed by atoms with E-state index < -0.39 is 0 Å². The van der Waals surface area contributed by atoms with Gasteiger partial charge in [-0.3, -0.25) is 14.4 Å². The summed E-state index contributed by atoms with van der Waals surface area (Å²) in [4.78, 5) is 43.7. The number of aryl methyl sites for hydroxylation is 2. The third kappa shape index (κ3) is 3.36. The van der Waals surface area contributed by atoms with Crippen LogP contribution in [0.3, 0.4) is 0 Å². The Kier molecular flexibility index (Phi) is 4.85. The lowest BCUT2D eigenvalue weighted by Crippen LogP contribution is -2.34. The summed E-state index contributed by atoms with van der Waals surface area (Å²) >= 11 is 1.17. The van der Waals surface area contributed by atoms with E-state index in [0.29, 0.717) is 26.3 Å². The Bertz CT molecular complexity index is 1040. The lowest BCUT2D eigenvalue weighted by atomic mass is 10.2. The van der Waals surface area contributed by atoms with Crippen LogP contribution in [0, 0.1) is 6.92 Å². The molecule has 0 bridgehead atoms. The van der Waals surface area contributed by atoms with Crippen LogP contribution < -0.4 is 10.9 Å². The summed E-state index contributed by atoms with van der Waals surface area (Å²) in [5, 5.41) is 3.19. The fourth-order valence-electron chi connectivity index (χ4n) is 2.60. The van der Waals surface area contributed by atoms with E-state index in [1.165, 1.54) is 27.1 Å². The molecule has 2 amide bonds. The molecule has 1 aromatic carbocycles. The van der Waals surface area contributed by atoms with Crippen LogP contribution in [-0.4, -0.2) is 39.9 Å². The molecular formula is C18H18N4O3S. The van der Waals surface area contributed by atoms with Gasteiger partial charge < -0.3 is 14.8 Å². The number of rotatable bonds is 4. The third-order valence-electron chi connectivity index (χ3n) is 3.99. The number of carbonyl (C=O) groups is 2. The first kappa shape index (κ1) is 17.8. The van der Waals surface area contributed by atoms with Gasteiger partial charge in [0, 0.05) is 19.8 Å². The highest BCUT2D eigenvalue weighted by atomic mass is 32.1.